The molecule has 1 aromatic carbocycles. The maximum atomic E-state index is 10.3. The largest absolute Gasteiger partial charge is 0.545 e. The summed E-state index contributed by atoms with van der Waals surface area (Å²) in [5.41, 5.74) is 0.0814. The molecule has 0 heterocycles. The number of carbonyl (C=O) groups is 1. The third kappa shape index (κ3) is 2.76. The second-order valence-electron chi connectivity index (χ2n) is 2.53. The van der Waals surface area contributed by atoms with Crippen LogP contribution >= 0.6 is 0 Å². The van der Waals surface area contributed by atoms with E-state index in [1.165, 1.54) is 31.2 Å². The van der Waals surface area contributed by atoms with Gasteiger partial charge in [-0.2, -0.15) is 0 Å². The first-order chi connectivity index (χ1) is 6.09. The molecule has 0 aliphatic rings. The molecule has 0 aliphatic heterocycles. The average molecular weight is 181 g/mol. The summed E-state index contributed by atoms with van der Waals surface area (Å²) in [6.07, 6.45) is -0.909. The summed E-state index contributed by atoms with van der Waals surface area (Å²) < 4.78 is 4.89. The van der Waals surface area contributed by atoms with Crippen molar-refractivity contribution in [1.82, 2.24) is 0 Å². The lowest BCUT2D eigenvalue weighted by atomic mass is 10.2. The molecule has 0 saturated carbocycles. The van der Waals surface area contributed by atoms with Crippen molar-refractivity contribution in [3.8, 4) is 5.75 Å². The van der Waals surface area contributed by atoms with E-state index in [4.69, 9.17) is 9.84 Å². The number of carbonyl (C=O) groups excluding carboxylic acids is 1. The van der Waals surface area contributed by atoms with Crippen molar-refractivity contribution in [3.63, 3.8) is 0 Å². The Balaban J connectivity index is 2.75. The Morgan fingerprint density at radius 1 is 1.46 bits per heavy atom. The van der Waals surface area contributed by atoms with Crippen molar-refractivity contribution in [2.24, 2.45) is 0 Å². The van der Waals surface area contributed by atoms with Gasteiger partial charge in [0.1, 0.15) is 5.75 Å². The number of aliphatic hydroxyl groups is 1. The Hall–Kier alpha value is -1.55. The molecule has 0 fully saturated rings. The fraction of sp³-hybridized carbons (Fsp3) is 0.222. The minimum atomic E-state index is -1.23. The summed E-state index contributed by atoms with van der Waals surface area (Å²) in [6, 6.07) is 5.62. The molecule has 0 spiro atoms. The summed E-state index contributed by atoms with van der Waals surface area (Å²) >= 11 is 0. The molecular weight excluding hydrogens is 172 g/mol. The van der Waals surface area contributed by atoms with Crippen molar-refractivity contribution in [2.75, 3.05) is 0 Å². The molecule has 1 atom stereocenters. The van der Waals surface area contributed by atoms with Crippen molar-refractivity contribution in [1.29, 1.82) is 0 Å². The number of aromatic carboxylic acids is 1. The Bertz CT molecular complexity index is 289. The van der Waals surface area contributed by atoms with Gasteiger partial charge < -0.3 is 19.7 Å². The highest BCUT2D eigenvalue weighted by atomic mass is 16.6. The molecule has 0 radical (unpaired) electrons. The predicted molar refractivity (Wildman–Crippen MR) is 43.1 cm³/mol. The lowest BCUT2D eigenvalue weighted by molar-refractivity contribution is -0.255. The first kappa shape index (κ1) is 9.54. The first-order valence-electron chi connectivity index (χ1n) is 3.75. The highest BCUT2D eigenvalue weighted by molar-refractivity contribution is 5.85. The predicted octanol–water partition coefficient (Wildman–Crippen LogP) is -0.233. The summed E-state index contributed by atoms with van der Waals surface area (Å²) in [5, 5.41) is 19.2. The Kier molecular flexibility index (Phi) is 2.87. The maximum Gasteiger partial charge on any atom is 0.194 e. The van der Waals surface area contributed by atoms with Crippen molar-refractivity contribution < 1.29 is 19.7 Å². The van der Waals surface area contributed by atoms with Crippen LogP contribution < -0.4 is 9.84 Å². The van der Waals surface area contributed by atoms with E-state index >= 15 is 0 Å². The third-order valence-electron chi connectivity index (χ3n) is 1.40. The number of hydrogen-bond acceptors (Lipinski definition) is 4. The van der Waals surface area contributed by atoms with E-state index in [-0.39, 0.29) is 5.56 Å². The highest BCUT2D eigenvalue weighted by Gasteiger charge is 1.98. The number of benzene rings is 1. The smallest absolute Gasteiger partial charge is 0.194 e. The van der Waals surface area contributed by atoms with Crippen molar-refractivity contribution >= 4 is 5.97 Å². The molecule has 0 saturated heterocycles. The fourth-order valence-electron chi connectivity index (χ4n) is 0.867. The molecule has 4 nitrogen and oxygen atoms in total. The van der Waals surface area contributed by atoms with Crippen molar-refractivity contribution in [3.05, 3.63) is 29.8 Å². The van der Waals surface area contributed by atoms with Crippen LogP contribution in [0.1, 0.15) is 17.3 Å². The van der Waals surface area contributed by atoms with Crippen LogP contribution in [0.3, 0.4) is 0 Å². The zero-order chi connectivity index (χ0) is 9.84. The molecule has 1 unspecified atom stereocenters. The second-order valence-corrected chi connectivity index (χ2v) is 2.53. The van der Waals surface area contributed by atoms with Gasteiger partial charge in [0, 0.05) is 0 Å². The molecule has 1 aromatic rings. The highest BCUT2D eigenvalue weighted by Crippen LogP contribution is 2.12. The minimum absolute atomic E-state index is 0.0814. The van der Waals surface area contributed by atoms with Gasteiger partial charge in [0.25, 0.3) is 0 Å². The Labute approximate surface area is 75.4 Å². The number of aliphatic hydroxyl groups excluding tert-OH is 1. The van der Waals surface area contributed by atoms with E-state index in [9.17, 15) is 9.90 Å². The van der Waals surface area contributed by atoms with Crippen LogP contribution in [-0.4, -0.2) is 17.4 Å². The molecule has 0 bridgehead atoms. The number of carboxylic acid groups (broad SMARTS) is 1. The molecular formula is C9H9O4-. The monoisotopic (exact) mass is 181 g/mol. The number of rotatable bonds is 3. The summed E-state index contributed by atoms with van der Waals surface area (Å²) in [6.45, 7) is 1.46. The van der Waals surface area contributed by atoms with Crippen LogP contribution in [0.4, 0.5) is 0 Å². The fourth-order valence-corrected chi connectivity index (χ4v) is 0.867. The maximum absolute atomic E-state index is 10.3. The van der Waals surface area contributed by atoms with Gasteiger partial charge in [-0.05, 0) is 36.8 Å². The van der Waals surface area contributed by atoms with Crippen LogP contribution in [-0.2, 0) is 0 Å². The van der Waals surface area contributed by atoms with E-state index in [0.717, 1.165) is 0 Å². The average Bonchev–Trinajstić information content (AvgIpc) is 2.04. The Morgan fingerprint density at radius 3 is 2.38 bits per heavy atom. The van der Waals surface area contributed by atoms with Crippen LogP contribution in [0.2, 0.25) is 0 Å². The molecule has 0 aromatic heterocycles. The lowest BCUT2D eigenvalue weighted by Crippen LogP contribution is -2.22. The van der Waals surface area contributed by atoms with Gasteiger partial charge in [0.2, 0.25) is 0 Å². The zero-order valence-electron chi connectivity index (χ0n) is 7.06. The van der Waals surface area contributed by atoms with E-state index in [1.807, 2.05) is 0 Å². The first-order valence-corrected chi connectivity index (χ1v) is 3.75. The van der Waals surface area contributed by atoms with Gasteiger partial charge in [-0.1, -0.05) is 0 Å². The summed E-state index contributed by atoms with van der Waals surface area (Å²) in [5.74, 6) is -0.816. The molecule has 0 aliphatic carbocycles. The Morgan fingerprint density at radius 2 is 2.00 bits per heavy atom. The molecule has 4 heteroatoms. The van der Waals surface area contributed by atoms with E-state index in [2.05, 4.69) is 0 Å². The third-order valence-corrected chi connectivity index (χ3v) is 1.40. The lowest BCUT2D eigenvalue weighted by Gasteiger charge is -2.09. The quantitative estimate of drug-likeness (QED) is 0.654. The number of carboxylic acids is 1. The van der Waals surface area contributed by atoms with Gasteiger partial charge in [-0.3, -0.25) is 0 Å². The van der Waals surface area contributed by atoms with Gasteiger partial charge in [0.15, 0.2) is 6.29 Å². The van der Waals surface area contributed by atoms with E-state index < -0.39 is 12.3 Å². The standard InChI is InChI=1S/C9H10O4/c1-6(10)13-8-4-2-7(3-5-8)9(11)12/h2-6,10H,1H3,(H,11,12)/p-1. The van der Waals surface area contributed by atoms with Crippen molar-refractivity contribution in [2.45, 2.75) is 13.2 Å². The van der Waals surface area contributed by atoms with Crippen LogP contribution in [0.5, 0.6) is 5.75 Å². The minimum Gasteiger partial charge on any atom is -0.545 e. The van der Waals surface area contributed by atoms with Gasteiger partial charge in [-0.15, -0.1) is 0 Å². The molecule has 1 N–H and O–H groups in total. The number of hydrogen-bond donors (Lipinski definition) is 1. The van der Waals surface area contributed by atoms with Gasteiger partial charge in [-0.25, -0.2) is 0 Å². The normalized spacial score (nSPS) is 12.2. The number of ether oxygens (including phenoxy) is 1. The molecule has 1 rings (SSSR count). The van der Waals surface area contributed by atoms with E-state index in [0.29, 0.717) is 5.75 Å². The second kappa shape index (κ2) is 3.91. The van der Waals surface area contributed by atoms with Gasteiger partial charge >= 0.3 is 0 Å². The SMILES string of the molecule is CC(O)Oc1ccc(C(=O)[O-])cc1. The zero-order valence-corrected chi connectivity index (χ0v) is 7.06. The molecule has 70 valence electrons. The summed E-state index contributed by atoms with van der Waals surface area (Å²) in [7, 11) is 0. The van der Waals surface area contributed by atoms with Crippen LogP contribution in [0.25, 0.3) is 0 Å². The summed E-state index contributed by atoms with van der Waals surface area (Å²) in [4.78, 5) is 10.3. The topological polar surface area (TPSA) is 69.6 Å². The van der Waals surface area contributed by atoms with E-state index in [1.54, 1.807) is 0 Å². The van der Waals surface area contributed by atoms with Gasteiger partial charge in [0.05, 0.1) is 5.97 Å². The molecule has 13 heavy (non-hydrogen) atoms. The van der Waals surface area contributed by atoms with Crippen LogP contribution in [0, 0.1) is 0 Å². The molecule has 0 amide bonds. The van der Waals surface area contributed by atoms with Crippen LogP contribution in [0.15, 0.2) is 24.3 Å².